The molecule has 0 spiro atoms. The molecule has 166 valence electrons. The number of carbonyl (C=O) groups excluding carboxylic acids is 1. The SMILES string of the molecule is CNc1nc(N2CCCCCC2)ccc1C(=N)c1cnc(C(=O)NCc2cccnc2)s1. The van der Waals surface area contributed by atoms with Gasteiger partial charge in [0.15, 0.2) is 5.01 Å². The molecule has 1 fully saturated rings. The van der Waals surface area contributed by atoms with Crippen LogP contribution in [-0.2, 0) is 6.54 Å². The smallest absolute Gasteiger partial charge is 0.280 e. The van der Waals surface area contributed by atoms with E-state index in [1.54, 1.807) is 18.6 Å². The first kappa shape index (κ1) is 21.9. The highest BCUT2D eigenvalue weighted by Gasteiger charge is 2.19. The summed E-state index contributed by atoms with van der Waals surface area (Å²) in [6.45, 7) is 2.41. The molecule has 3 aromatic heterocycles. The van der Waals surface area contributed by atoms with Gasteiger partial charge in [0.1, 0.15) is 11.6 Å². The fraction of sp³-hybridized carbons (Fsp3) is 0.348. The molecule has 32 heavy (non-hydrogen) atoms. The zero-order valence-electron chi connectivity index (χ0n) is 18.1. The lowest BCUT2D eigenvalue weighted by molar-refractivity contribution is 0.0950. The van der Waals surface area contributed by atoms with Gasteiger partial charge in [-0.15, -0.1) is 11.3 Å². The van der Waals surface area contributed by atoms with Crippen molar-refractivity contribution in [1.82, 2.24) is 20.3 Å². The molecule has 1 aliphatic heterocycles. The third kappa shape index (κ3) is 5.11. The van der Waals surface area contributed by atoms with Gasteiger partial charge in [-0.05, 0) is 36.6 Å². The Labute approximate surface area is 191 Å². The summed E-state index contributed by atoms with van der Waals surface area (Å²) in [7, 11) is 1.81. The summed E-state index contributed by atoms with van der Waals surface area (Å²) >= 11 is 1.20. The zero-order valence-corrected chi connectivity index (χ0v) is 18.9. The van der Waals surface area contributed by atoms with Gasteiger partial charge in [-0.1, -0.05) is 18.9 Å². The van der Waals surface area contributed by atoms with Crippen molar-refractivity contribution < 1.29 is 4.79 Å². The zero-order chi connectivity index (χ0) is 22.3. The predicted octanol–water partition coefficient (Wildman–Crippen LogP) is 3.70. The standard InChI is InChI=1S/C23H27N7OS/c1-25-21-17(8-9-19(29-21)30-11-4-2-3-5-12-30)20(24)18-15-28-23(32-18)22(31)27-14-16-7-6-10-26-13-16/h6-10,13,15,24H,2-5,11-12,14H2,1H3,(H,25,29)(H,27,31). The van der Waals surface area contributed by atoms with Gasteiger partial charge >= 0.3 is 0 Å². The maximum atomic E-state index is 12.5. The Morgan fingerprint density at radius 3 is 2.69 bits per heavy atom. The van der Waals surface area contributed by atoms with Crippen molar-refractivity contribution in [3.8, 4) is 0 Å². The van der Waals surface area contributed by atoms with Crippen molar-refractivity contribution >= 4 is 34.6 Å². The maximum Gasteiger partial charge on any atom is 0.280 e. The molecule has 0 radical (unpaired) electrons. The van der Waals surface area contributed by atoms with Crippen LogP contribution in [0.5, 0.6) is 0 Å². The Balaban J connectivity index is 1.47. The van der Waals surface area contributed by atoms with E-state index in [0.29, 0.717) is 33.5 Å². The molecule has 3 N–H and O–H groups in total. The average Bonchev–Trinajstić information content (AvgIpc) is 3.18. The van der Waals surface area contributed by atoms with Gasteiger partial charge in [0.25, 0.3) is 5.91 Å². The number of nitrogens with zero attached hydrogens (tertiary/aromatic N) is 4. The average molecular weight is 450 g/mol. The number of anilines is 2. The van der Waals surface area contributed by atoms with E-state index in [1.807, 2.05) is 31.3 Å². The van der Waals surface area contributed by atoms with Gasteiger partial charge in [-0.2, -0.15) is 0 Å². The highest BCUT2D eigenvalue weighted by molar-refractivity contribution is 7.15. The van der Waals surface area contributed by atoms with Crippen LogP contribution in [0.1, 0.15) is 51.5 Å². The first-order valence-corrected chi connectivity index (χ1v) is 11.6. The third-order valence-corrected chi connectivity index (χ3v) is 6.45. The molecule has 4 heterocycles. The molecule has 1 amide bonds. The quantitative estimate of drug-likeness (QED) is 0.475. The van der Waals surface area contributed by atoms with Gasteiger partial charge in [0.2, 0.25) is 0 Å². The molecule has 3 aromatic rings. The molecule has 0 aliphatic carbocycles. The third-order valence-electron chi connectivity index (χ3n) is 5.44. The minimum Gasteiger partial charge on any atom is -0.373 e. The van der Waals surface area contributed by atoms with Crippen molar-refractivity contribution in [2.75, 3.05) is 30.4 Å². The van der Waals surface area contributed by atoms with Crippen LogP contribution in [0, 0.1) is 5.41 Å². The molecule has 0 unspecified atom stereocenters. The van der Waals surface area contributed by atoms with E-state index in [9.17, 15) is 4.79 Å². The normalized spacial score (nSPS) is 14.0. The summed E-state index contributed by atoms with van der Waals surface area (Å²) in [4.78, 5) is 28.5. The topological polar surface area (TPSA) is 107 Å². The lowest BCUT2D eigenvalue weighted by Crippen LogP contribution is -2.25. The van der Waals surface area contributed by atoms with Gasteiger partial charge in [0.05, 0.1) is 10.6 Å². The Kier molecular flexibility index (Phi) is 7.06. The molecule has 0 bridgehead atoms. The molecule has 1 aliphatic rings. The number of pyridine rings is 2. The number of thiazole rings is 1. The molecular weight excluding hydrogens is 422 g/mol. The number of carbonyl (C=O) groups is 1. The van der Waals surface area contributed by atoms with Gasteiger partial charge in [0, 0.05) is 50.8 Å². The monoisotopic (exact) mass is 449 g/mol. The van der Waals surface area contributed by atoms with Gasteiger partial charge in [-0.25, -0.2) is 9.97 Å². The number of aromatic nitrogens is 3. The predicted molar refractivity (Wildman–Crippen MR) is 128 cm³/mol. The highest BCUT2D eigenvalue weighted by Crippen LogP contribution is 2.25. The van der Waals surface area contributed by atoms with E-state index in [-0.39, 0.29) is 5.91 Å². The number of amides is 1. The molecular formula is C23H27N7OS. The van der Waals surface area contributed by atoms with Crippen LogP contribution in [0.15, 0.2) is 42.9 Å². The van der Waals surface area contributed by atoms with E-state index in [4.69, 9.17) is 10.4 Å². The van der Waals surface area contributed by atoms with Crippen molar-refractivity contribution in [1.29, 1.82) is 5.41 Å². The van der Waals surface area contributed by atoms with Crippen LogP contribution in [0.3, 0.4) is 0 Å². The summed E-state index contributed by atoms with van der Waals surface area (Å²) in [5.41, 5.74) is 1.91. The van der Waals surface area contributed by atoms with Crippen molar-refractivity contribution in [3.05, 3.63) is 63.9 Å². The van der Waals surface area contributed by atoms with Crippen LogP contribution in [0.4, 0.5) is 11.6 Å². The number of hydrogen-bond donors (Lipinski definition) is 3. The fourth-order valence-corrected chi connectivity index (χ4v) is 4.50. The summed E-state index contributed by atoms with van der Waals surface area (Å²) in [6, 6.07) is 7.65. The summed E-state index contributed by atoms with van der Waals surface area (Å²) in [6.07, 6.45) is 9.88. The minimum atomic E-state index is -0.263. The van der Waals surface area contributed by atoms with Crippen LogP contribution < -0.4 is 15.5 Å². The Morgan fingerprint density at radius 1 is 1.16 bits per heavy atom. The summed E-state index contributed by atoms with van der Waals surface area (Å²) < 4.78 is 0. The lowest BCUT2D eigenvalue weighted by atomic mass is 10.1. The van der Waals surface area contributed by atoms with Gasteiger partial charge < -0.3 is 15.5 Å². The van der Waals surface area contributed by atoms with E-state index in [0.717, 1.165) is 24.5 Å². The lowest BCUT2D eigenvalue weighted by Gasteiger charge is -2.22. The molecule has 8 nitrogen and oxygen atoms in total. The van der Waals surface area contributed by atoms with Crippen molar-refractivity contribution in [2.45, 2.75) is 32.2 Å². The Hall–Kier alpha value is -3.33. The first-order chi connectivity index (χ1) is 15.7. The molecule has 0 atom stereocenters. The fourth-order valence-electron chi connectivity index (χ4n) is 3.71. The second-order valence-electron chi connectivity index (χ2n) is 7.67. The molecule has 9 heteroatoms. The second-order valence-corrected chi connectivity index (χ2v) is 8.70. The highest BCUT2D eigenvalue weighted by atomic mass is 32.1. The van der Waals surface area contributed by atoms with Crippen molar-refractivity contribution in [3.63, 3.8) is 0 Å². The first-order valence-electron chi connectivity index (χ1n) is 10.8. The summed E-state index contributed by atoms with van der Waals surface area (Å²) in [5.74, 6) is 1.33. The Bertz CT molecular complexity index is 1070. The molecule has 4 rings (SSSR count). The number of hydrogen-bond acceptors (Lipinski definition) is 8. The largest absolute Gasteiger partial charge is 0.373 e. The van der Waals surface area contributed by atoms with Gasteiger partial charge in [-0.3, -0.25) is 15.2 Å². The Morgan fingerprint density at radius 2 is 1.97 bits per heavy atom. The molecule has 1 saturated heterocycles. The van der Waals surface area contributed by atoms with Crippen LogP contribution in [0.2, 0.25) is 0 Å². The van der Waals surface area contributed by atoms with E-state index in [2.05, 4.69) is 25.5 Å². The van der Waals surface area contributed by atoms with Crippen LogP contribution >= 0.6 is 11.3 Å². The van der Waals surface area contributed by atoms with E-state index >= 15 is 0 Å². The second kappa shape index (κ2) is 10.3. The summed E-state index contributed by atoms with van der Waals surface area (Å²) in [5, 5.41) is 15.0. The minimum absolute atomic E-state index is 0.263. The number of rotatable bonds is 7. The molecule has 0 aromatic carbocycles. The van der Waals surface area contributed by atoms with E-state index in [1.165, 1.54) is 37.0 Å². The maximum absolute atomic E-state index is 12.5. The van der Waals surface area contributed by atoms with E-state index < -0.39 is 0 Å². The molecule has 0 saturated carbocycles. The van der Waals surface area contributed by atoms with Crippen LogP contribution in [-0.4, -0.2) is 46.7 Å². The number of nitrogens with one attached hydrogen (secondary N) is 3. The van der Waals surface area contributed by atoms with Crippen molar-refractivity contribution in [2.24, 2.45) is 0 Å². The van der Waals surface area contributed by atoms with Crippen LogP contribution in [0.25, 0.3) is 0 Å².